The van der Waals surface area contributed by atoms with Crippen molar-refractivity contribution < 1.29 is 14.3 Å². The van der Waals surface area contributed by atoms with E-state index >= 15 is 0 Å². The molecule has 1 aromatic carbocycles. The number of methoxy groups -OCH3 is 1. The van der Waals surface area contributed by atoms with Crippen molar-refractivity contribution in [3.8, 4) is 5.75 Å². The smallest absolute Gasteiger partial charge is 0.246 e. The maximum Gasteiger partial charge on any atom is 0.246 e. The molecule has 136 valence electrons. The lowest BCUT2D eigenvalue weighted by molar-refractivity contribution is -0.125. The second-order valence-electron chi connectivity index (χ2n) is 6.40. The van der Waals surface area contributed by atoms with E-state index in [0.29, 0.717) is 26.1 Å². The summed E-state index contributed by atoms with van der Waals surface area (Å²) in [6.07, 6.45) is 3.23. The molecule has 0 radical (unpaired) electrons. The van der Waals surface area contributed by atoms with Crippen LogP contribution in [0.2, 0.25) is 0 Å². The van der Waals surface area contributed by atoms with Crippen molar-refractivity contribution in [1.82, 2.24) is 9.80 Å². The normalized spacial score (nSPS) is 16.4. The first-order chi connectivity index (χ1) is 12.0. The topological polar surface area (TPSA) is 75.9 Å². The minimum absolute atomic E-state index is 0.0216. The standard InChI is InChI=1S/C19H27N3O3/c1-15(12-16-6-3-4-7-17(16)25-2)13-19(24)22-9-5-8-21(10-11-22)14-18(20)23/h3-4,6-7,13H,5,8-12,14H2,1-2H3,(H2,20,23)/b15-13+. The van der Waals surface area contributed by atoms with Crippen LogP contribution in [0.1, 0.15) is 18.9 Å². The Hall–Kier alpha value is -2.34. The van der Waals surface area contributed by atoms with Crippen LogP contribution in [-0.2, 0) is 16.0 Å². The van der Waals surface area contributed by atoms with E-state index in [1.807, 2.05) is 41.0 Å². The Labute approximate surface area is 149 Å². The Morgan fingerprint density at radius 1 is 1.20 bits per heavy atom. The molecule has 1 aromatic rings. The molecule has 1 aliphatic rings. The zero-order valence-corrected chi connectivity index (χ0v) is 15.0. The van der Waals surface area contributed by atoms with Crippen molar-refractivity contribution in [2.24, 2.45) is 5.73 Å². The highest BCUT2D eigenvalue weighted by Crippen LogP contribution is 2.20. The average Bonchev–Trinajstić information content (AvgIpc) is 2.80. The molecule has 0 aliphatic carbocycles. The molecule has 6 heteroatoms. The van der Waals surface area contributed by atoms with Gasteiger partial charge in [0.05, 0.1) is 13.7 Å². The van der Waals surface area contributed by atoms with Gasteiger partial charge in [-0.3, -0.25) is 14.5 Å². The molecular weight excluding hydrogens is 318 g/mol. The van der Waals surface area contributed by atoms with E-state index in [1.54, 1.807) is 13.2 Å². The van der Waals surface area contributed by atoms with Crippen LogP contribution in [-0.4, -0.2) is 61.4 Å². The molecule has 1 heterocycles. The number of benzene rings is 1. The van der Waals surface area contributed by atoms with Gasteiger partial charge in [-0.1, -0.05) is 23.8 Å². The Kier molecular flexibility index (Phi) is 7.01. The van der Waals surface area contributed by atoms with Crippen LogP contribution in [0.4, 0.5) is 0 Å². The van der Waals surface area contributed by atoms with Gasteiger partial charge in [0.1, 0.15) is 5.75 Å². The molecule has 1 saturated heterocycles. The third-order valence-corrected chi connectivity index (χ3v) is 4.31. The summed E-state index contributed by atoms with van der Waals surface area (Å²) in [5, 5.41) is 0. The van der Waals surface area contributed by atoms with Crippen LogP contribution in [0.5, 0.6) is 5.75 Å². The van der Waals surface area contributed by atoms with E-state index in [4.69, 9.17) is 10.5 Å². The van der Waals surface area contributed by atoms with Crippen LogP contribution in [0, 0.1) is 0 Å². The predicted molar refractivity (Wildman–Crippen MR) is 97.3 cm³/mol. The van der Waals surface area contributed by atoms with Crippen LogP contribution >= 0.6 is 0 Å². The van der Waals surface area contributed by atoms with Gasteiger partial charge in [-0.15, -0.1) is 0 Å². The molecule has 0 atom stereocenters. The molecule has 2 N–H and O–H groups in total. The summed E-state index contributed by atoms with van der Waals surface area (Å²) in [7, 11) is 1.65. The first-order valence-electron chi connectivity index (χ1n) is 8.58. The number of allylic oxidation sites excluding steroid dienone is 1. The number of primary amides is 1. The van der Waals surface area contributed by atoms with Crippen molar-refractivity contribution in [2.75, 3.05) is 39.8 Å². The second-order valence-corrected chi connectivity index (χ2v) is 6.40. The fourth-order valence-corrected chi connectivity index (χ4v) is 3.07. The summed E-state index contributed by atoms with van der Waals surface area (Å²) in [4.78, 5) is 27.4. The van der Waals surface area contributed by atoms with E-state index in [1.165, 1.54) is 0 Å². The number of amides is 2. The van der Waals surface area contributed by atoms with E-state index < -0.39 is 0 Å². The Morgan fingerprint density at radius 3 is 2.68 bits per heavy atom. The third kappa shape index (κ3) is 5.90. The molecule has 6 nitrogen and oxygen atoms in total. The van der Waals surface area contributed by atoms with Crippen molar-refractivity contribution in [2.45, 2.75) is 19.8 Å². The number of rotatable bonds is 6. The number of hydrogen-bond acceptors (Lipinski definition) is 4. The number of carbonyl (C=O) groups excluding carboxylic acids is 2. The summed E-state index contributed by atoms with van der Waals surface area (Å²) in [6.45, 7) is 4.99. The lowest BCUT2D eigenvalue weighted by atomic mass is 10.0. The van der Waals surface area contributed by atoms with Gasteiger partial charge >= 0.3 is 0 Å². The van der Waals surface area contributed by atoms with E-state index in [0.717, 1.165) is 29.9 Å². The third-order valence-electron chi connectivity index (χ3n) is 4.31. The van der Waals surface area contributed by atoms with Crippen LogP contribution in [0.15, 0.2) is 35.9 Å². The van der Waals surface area contributed by atoms with Gasteiger partial charge in [-0.2, -0.15) is 0 Å². The molecule has 0 bridgehead atoms. The monoisotopic (exact) mass is 345 g/mol. The minimum Gasteiger partial charge on any atom is -0.496 e. The largest absolute Gasteiger partial charge is 0.496 e. The number of ether oxygens (including phenoxy) is 1. The van der Waals surface area contributed by atoms with Crippen LogP contribution < -0.4 is 10.5 Å². The first-order valence-corrected chi connectivity index (χ1v) is 8.58. The molecule has 0 spiro atoms. The van der Waals surface area contributed by atoms with Gasteiger partial charge in [0, 0.05) is 32.3 Å². The van der Waals surface area contributed by atoms with Crippen LogP contribution in [0.25, 0.3) is 0 Å². The van der Waals surface area contributed by atoms with Gasteiger partial charge in [0.2, 0.25) is 11.8 Å². The number of para-hydroxylation sites is 1. The van der Waals surface area contributed by atoms with Gasteiger partial charge < -0.3 is 15.4 Å². The fourth-order valence-electron chi connectivity index (χ4n) is 3.07. The number of carbonyl (C=O) groups is 2. The molecule has 25 heavy (non-hydrogen) atoms. The lowest BCUT2D eigenvalue weighted by Gasteiger charge is -2.20. The zero-order valence-electron chi connectivity index (χ0n) is 15.0. The summed E-state index contributed by atoms with van der Waals surface area (Å²) in [6, 6.07) is 7.83. The summed E-state index contributed by atoms with van der Waals surface area (Å²) >= 11 is 0. The quantitative estimate of drug-likeness (QED) is 0.786. The minimum atomic E-state index is -0.327. The first kappa shape index (κ1) is 19.0. The number of nitrogens with zero attached hydrogens (tertiary/aromatic N) is 2. The van der Waals surface area contributed by atoms with Crippen molar-refractivity contribution in [3.05, 3.63) is 41.5 Å². The fraction of sp³-hybridized carbons (Fsp3) is 0.474. The molecule has 1 aliphatic heterocycles. The predicted octanol–water partition coefficient (Wildman–Crippen LogP) is 1.20. The molecule has 0 aromatic heterocycles. The Morgan fingerprint density at radius 2 is 1.96 bits per heavy atom. The highest BCUT2D eigenvalue weighted by Gasteiger charge is 2.18. The maximum atomic E-state index is 12.5. The maximum absolute atomic E-state index is 12.5. The SMILES string of the molecule is COc1ccccc1C/C(C)=C/C(=O)N1CCCN(CC(N)=O)CC1. The van der Waals surface area contributed by atoms with Gasteiger partial charge in [0.25, 0.3) is 0 Å². The Balaban J connectivity index is 1.95. The molecule has 0 saturated carbocycles. The molecule has 1 fully saturated rings. The molecule has 0 unspecified atom stereocenters. The number of nitrogens with two attached hydrogens (primary N) is 1. The van der Waals surface area contributed by atoms with Gasteiger partial charge in [-0.25, -0.2) is 0 Å². The molecule has 2 rings (SSSR count). The summed E-state index contributed by atoms with van der Waals surface area (Å²) in [5.74, 6) is 0.528. The Bertz CT molecular complexity index is 643. The van der Waals surface area contributed by atoms with Crippen molar-refractivity contribution in [1.29, 1.82) is 0 Å². The molecule has 2 amide bonds. The van der Waals surface area contributed by atoms with E-state index in [9.17, 15) is 9.59 Å². The highest BCUT2D eigenvalue weighted by molar-refractivity contribution is 5.88. The number of hydrogen-bond donors (Lipinski definition) is 1. The van der Waals surface area contributed by atoms with Gasteiger partial charge in [0.15, 0.2) is 0 Å². The van der Waals surface area contributed by atoms with E-state index in [-0.39, 0.29) is 18.4 Å². The second kappa shape index (κ2) is 9.22. The molecular formula is C19H27N3O3. The van der Waals surface area contributed by atoms with Gasteiger partial charge in [-0.05, 0) is 31.4 Å². The van der Waals surface area contributed by atoms with Crippen LogP contribution in [0.3, 0.4) is 0 Å². The summed E-state index contributed by atoms with van der Waals surface area (Å²) < 4.78 is 5.36. The highest BCUT2D eigenvalue weighted by atomic mass is 16.5. The summed E-state index contributed by atoms with van der Waals surface area (Å²) in [5.41, 5.74) is 7.31. The lowest BCUT2D eigenvalue weighted by Crippen LogP contribution is -2.37. The van der Waals surface area contributed by atoms with Crippen molar-refractivity contribution in [3.63, 3.8) is 0 Å². The van der Waals surface area contributed by atoms with Crippen molar-refractivity contribution >= 4 is 11.8 Å². The van der Waals surface area contributed by atoms with E-state index in [2.05, 4.69) is 0 Å². The average molecular weight is 345 g/mol. The zero-order chi connectivity index (χ0) is 18.2.